The fourth-order valence-corrected chi connectivity index (χ4v) is 8.19. The zero-order chi connectivity index (χ0) is 27.4. The van der Waals surface area contributed by atoms with Gasteiger partial charge in [-0.25, -0.2) is 4.39 Å². The average Bonchev–Trinajstić information content (AvgIpc) is 3.05. The Labute approximate surface area is 217 Å². The summed E-state index contributed by atoms with van der Waals surface area (Å²) in [6.07, 6.45) is 4.93. The molecular weight excluding hydrogens is 479 g/mol. The van der Waals surface area contributed by atoms with Gasteiger partial charge in [0.25, 0.3) is 0 Å². The molecule has 0 aromatic carbocycles. The number of carbonyl (C=O) groups excluding carboxylic acids is 4. The molecule has 0 aromatic rings. The van der Waals surface area contributed by atoms with Crippen LogP contribution in [0.25, 0.3) is 0 Å². The molecule has 0 radical (unpaired) electrons. The Kier molecular flexibility index (Phi) is 7.06. The van der Waals surface area contributed by atoms with Crippen LogP contribution in [0.3, 0.4) is 0 Å². The third kappa shape index (κ3) is 3.76. The van der Waals surface area contributed by atoms with E-state index in [2.05, 4.69) is 0 Å². The minimum Gasteiger partial charge on any atom is -0.457 e. The fourth-order valence-electron chi connectivity index (χ4n) is 8.19. The number of aliphatic hydroxyl groups is 1. The number of allylic oxidation sites excluding steroid dienone is 4. The van der Waals surface area contributed by atoms with Gasteiger partial charge >= 0.3 is 11.9 Å². The lowest BCUT2D eigenvalue weighted by molar-refractivity contribution is -0.228. The summed E-state index contributed by atoms with van der Waals surface area (Å²) >= 11 is 0. The van der Waals surface area contributed by atoms with Gasteiger partial charge in [0.1, 0.15) is 0 Å². The molecule has 0 aliphatic heterocycles. The summed E-state index contributed by atoms with van der Waals surface area (Å²) in [4.78, 5) is 50.7. The number of aliphatic hydroxyl groups excluding tert-OH is 1. The number of ether oxygens (including phenoxy) is 2. The lowest BCUT2D eigenvalue weighted by Gasteiger charge is -2.62. The number of rotatable bonds is 7. The standard InChI is InChI=1S/C29H39FO7/c1-6-8-25(35)37-29(23(33)16-36-24(34)7-2)17(3)13-21-20-10-9-18-14-19(31)11-12-26(18,4)28(20,30)22(32)15-27(21,29)5/h11-12,14,17,20-22,32H,6-10,13,15-16H2,1-5H3. The Balaban J connectivity index is 1.80. The molecule has 0 amide bonds. The zero-order valence-electron chi connectivity index (χ0n) is 22.5. The van der Waals surface area contributed by atoms with Crippen molar-refractivity contribution >= 4 is 23.5 Å². The molecule has 4 rings (SSSR count). The van der Waals surface area contributed by atoms with E-state index in [-0.39, 0.29) is 31.0 Å². The summed E-state index contributed by atoms with van der Waals surface area (Å²) in [6, 6.07) is 0. The van der Waals surface area contributed by atoms with E-state index in [1.165, 1.54) is 12.2 Å². The third-order valence-electron chi connectivity index (χ3n) is 9.98. The minimum atomic E-state index is -2.06. The summed E-state index contributed by atoms with van der Waals surface area (Å²) in [6.45, 7) is 8.29. The number of halogens is 1. The highest BCUT2D eigenvalue weighted by atomic mass is 19.1. The first-order valence-electron chi connectivity index (χ1n) is 13.5. The number of hydrogen-bond donors (Lipinski definition) is 1. The molecule has 37 heavy (non-hydrogen) atoms. The van der Waals surface area contributed by atoms with E-state index in [4.69, 9.17) is 9.47 Å². The Bertz CT molecular complexity index is 1060. The highest BCUT2D eigenvalue weighted by Crippen LogP contribution is 2.71. The Morgan fingerprint density at radius 1 is 1.16 bits per heavy atom. The molecule has 1 N–H and O–H groups in total. The molecule has 8 unspecified atom stereocenters. The molecule has 4 aliphatic rings. The molecule has 0 saturated heterocycles. The number of ketones is 2. The van der Waals surface area contributed by atoms with Crippen molar-refractivity contribution in [2.75, 3.05) is 6.61 Å². The highest BCUT2D eigenvalue weighted by molar-refractivity contribution is 6.01. The zero-order valence-corrected chi connectivity index (χ0v) is 22.5. The fraction of sp³-hybridized carbons (Fsp3) is 0.724. The molecule has 7 nitrogen and oxygen atoms in total. The first-order valence-corrected chi connectivity index (χ1v) is 13.5. The van der Waals surface area contributed by atoms with Crippen LogP contribution in [0.5, 0.6) is 0 Å². The van der Waals surface area contributed by atoms with Crippen molar-refractivity contribution in [3.63, 3.8) is 0 Å². The van der Waals surface area contributed by atoms with Crippen LogP contribution in [-0.2, 0) is 28.7 Å². The molecule has 0 spiro atoms. The Morgan fingerprint density at radius 3 is 2.51 bits per heavy atom. The van der Waals surface area contributed by atoms with E-state index >= 15 is 4.39 Å². The van der Waals surface area contributed by atoms with Crippen molar-refractivity contribution in [2.45, 2.75) is 96.9 Å². The van der Waals surface area contributed by atoms with E-state index in [1.54, 1.807) is 19.9 Å². The average molecular weight is 519 g/mol. The van der Waals surface area contributed by atoms with Gasteiger partial charge in [-0.1, -0.05) is 39.3 Å². The minimum absolute atomic E-state index is 0.0982. The van der Waals surface area contributed by atoms with Gasteiger partial charge < -0.3 is 14.6 Å². The SMILES string of the molecule is CCCC(=O)OC1(C(=O)COC(=O)CC)C(C)CC2C3CCC4=CC(=O)C=CC4(C)C3(F)C(O)CC21C. The summed E-state index contributed by atoms with van der Waals surface area (Å²) in [7, 11) is 0. The highest BCUT2D eigenvalue weighted by Gasteiger charge is 2.77. The summed E-state index contributed by atoms with van der Waals surface area (Å²) in [5.74, 6) is -3.26. The lowest BCUT2D eigenvalue weighted by atomic mass is 9.44. The molecule has 8 heteroatoms. The summed E-state index contributed by atoms with van der Waals surface area (Å²) in [5.41, 5.74) is -5.26. The van der Waals surface area contributed by atoms with Gasteiger partial charge in [0, 0.05) is 35.5 Å². The Hall–Kier alpha value is -2.35. The summed E-state index contributed by atoms with van der Waals surface area (Å²) in [5, 5.41) is 11.6. The number of alkyl halides is 1. The van der Waals surface area contributed by atoms with Gasteiger partial charge in [0.15, 0.2) is 23.7 Å². The number of Topliss-reactive ketones (excluding diaryl/α,β-unsaturated/α-hetero) is 1. The van der Waals surface area contributed by atoms with Crippen LogP contribution in [-0.4, -0.2) is 52.6 Å². The van der Waals surface area contributed by atoms with Crippen LogP contribution in [0.2, 0.25) is 0 Å². The van der Waals surface area contributed by atoms with Crippen LogP contribution in [0.4, 0.5) is 4.39 Å². The topological polar surface area (TPSA) is 107 Å². The second-order valence-electron chi connectivity index (χ2n) is 11.8. The molecule has 0 aromatic heterocycles. The van der Waals surface area contributed by atoms with Crippen LogP contribution < -0.4 is 0 Å². The van der Waals surface area contributed by atoms with Gasteiger partial charge in [0.2, 0.25) is 5.78 Å². The molecule has 8 atom stereocenters. The van der Waals surface area contributed by atoms with E-state index in [1.807, 2.05) is 20.8 Å². The van der Waals surface area contributed by atoms with Crippen molar-refractivity contribution in [2.24, 2.45) is 28.6 Å². The monoisotopic (exact) mass is 518 g/mol. The predicted molar refractivity (Wildman–Crippen MR) is 133 cm³/mol. The number of fused-ring (bicyclic) bond motifs is 5. The normalized spacial score (nSPS) is 42.2. The molecular formula is C29H39FO7. The molecule has 3 fully saturated rings. The first-order chi connectivity index (χ1) is 17.3. The molecule has 4 aliphatic carbocycles. The van der Waals surface area contributed by atoms with Gasteiger partial charge in [-0.2, -0.15) is 0 Å². The largest absolute Gasteiger partial charge is 0.457 e. The molecule has 0 bridgehead atoms. The lowest BCUT2D eigenvalue weighted by Crippen LogP contribution is -2.70. The van der Waals surface area contributed by atoms with Crippen molar-refractivity contribution in [1.82, 2.24) is 0 Å². The predicted octanol–water partition coefficient (Wildman–Crippen LogP) is 4.21. The maximum Gasteiger partial charge on any atom is 0.306 e. The molecule has 3 saturated carbocycles. The van der Waals surface area contributed by atoms with E-state index in [9.17, 15) is 24.3 Å². The number of hydrogen-bond acceptors (Lipinski definition) is 7. The number of carbonyl (C=O) groups is 4. The van der Waals surface area contributed by atoms with Crippen molar-refractivity contribution in [1.29, 1.82) is 0 Å². The Morgan fingerprint density at radius 2 is 1.86 bits per heavy atom. The second-order valence-corrected chi connectivity index (χ2v) is 11.8. The third-order valence-corrected chi connectivity index (χ3v) is 9.98. The number of esters is 2. The van der Waals surface area contributed by atoms with Crippen molar-refractivity contribution in [3.8, 4) is 0 Å². The molecule has 204 valence electrons. The van der Waals surface area contributed by atoms with Crippen LogP contribution in [0, 0.1) is 28.6 Å². The maximum atomic E-state index is 17.4. The van der Waals surface area contributed by atoms with Gasteiger partial charge in [-0.05, 0) is 57.1 Å². The van der Waals surface area contributed by atoms with Crippen molar-refractivity contribution < 1.29 is 38.1 Å². The van der Waals surface area contributed by atoms with E-state index in [0.29, 0.717) is 31.3 Å². The van der Waals surface area contributed by atoms with Gasteiger partial charge in [-0.3, -0.25) is 19.2 Å². The van der Waals surface area contributed by atoms with Gasteiger partial charge in [-0.15, -0.1) is 0 Å². The quantitative estimate of drug-likeness (QED) is 0.503. The first kappa shape index (κ1) is 27.7. The molecule has 0 heterocycles. The van der Waals surface area contributed by atoms with Crippen LogP contribution in [0.1, 0.15) is 79.6 Å². The smallest absolute Gasteiger partial charge is 0.306 e. The van der Waals surface area contributed by atoms with Gasteiger partial charge in [0.05, 0.1) is 6.10 Å². The maximum absolute atomic E-state index is 17.4. The summed E-state index contributed by atoms with van der Waals surface area (Å²) < 4.78 is 28.7. The second kappa shape index (κ2) is 9.44. The van der Waals surface area contributed by atoms with E-state index < -0.39 is 64.4 Å². The van der Waals surface area contributed by atoms with Crippen LogP contribution in [0.15, 0.2) is 23.8 Å². The van der Waals surface area contributed by atoms with Crippen LogP contribution >= 0.6 is 0 Å². The van der Waals surface area contributed by atoms with E-state index in [0.717, 1.165) is 0 Å². The van der Waals surface area contributed by atoms with Crippen molar-refractivity contribution in [3.05, 3.63) is 23.8 Å².